The zero-order valence-electron chi connectivity index (χ0n) is 20.6. The van der Waals surface area contributed by atoms with Gasteiger partial charge in [0, 0.05) is 12.5 Å². The lowest BCUT2D eigenvalue weighted by Gasteiger charge is -2.14. The number of benzene rings is 1. The zero-order valence-corrected chi connectivity index (χ0v) is 22.2. The number of nitrogens with one attached hydrogen (secondary N) is 2. The Morgan fingerprint density at radius 2 is 1.86 bits per heavy atom. The minimum absolute atomic E-state index is 0.0818. The van der Waals surface area contributed by atoms with Gasteiger partial charge in [-0.3, -0.25) is 9.35 Å². The molecule has 36 heavy (non-hydrogen) atoms. The van der Waals surface area contributed by atoms with Crippen LogP contribution in [0.4, 0.5) is 0 Å². The first-order valence-corrected chi connectivity index (χ1v) is 14.7. The van der Waals surface area contributed by atoms with Crippen LogP contribution in [0.2, 0.25) is 0 Å². The Morgan fingerprint density at radius 3 is 2.47 bits per heavy atom. The number of ether oxygens (including phenoxy) is 1. The van der Waals surface area contributed by atoms with E-state index >= 15 is 0 Å². The normalized spacial score (nSPS) is 12.5. The molecule has 0 fully saturated rings. The number of hydrogen-bond acceptors (Lipinski definition) is 8. The van der Waals surface area contributed by atoms with Gasteiger partial charge in [-0.1, -0.05) is 13.8 Å². The van der Waals surface area contributed by atoms with Crippen molar-refractivity contribution >= 4 is 25.7 Å². The number of sulfonamides is 1. The van der Waals surface area contributed by atoms with Gasteiger partial charge in [-0.25, -0.2) is 22.6 Å². The summed E-state index contributed by atoms with van der Waals surface area (Å²) >= 11 is 0. The lowest BCUT2D eigenvalue weighted by molar-refractivity contribution is 0.341. The highest BCUT2D eigenvalue weighted by Gasteiger charge is 2.23. The molecule has 0 saturated heterocycles. The zero-order chi connectivity index (χ0) is 26.7. The summed E-state index contributed by atoms with van der Waals surface area (Å²) in [5.74, 6) is 0.606. The van der Waals surface area contributed by atoms with Crippen molar-refractivity contribution in [3.05, 3.63) is 40.1 Å². The highest BCUT2D eigenvalue weighted by Crippen LogP contribution is 2.31. The minimum Gasteiger partial charge on any atom is -0.493 e. The molecule has 0 aliphatic heterocycles. The Balaban J connectivity index is 2.10. The molecular weight excluding hydrogens is 510 g/mol. The lowest BCUT2D eigenvalue weighted by atomic mass is 10.0. The van der Waals surface area contributed by atoms with E-state index in [1.807, 2.05) is 13.8 Å². The number of aromatic amines is 1. The second kappa shape index (κ2) is 11.1. The molecule has 198 valence electrons. The average molecular weight is 542 g/mol. The number of hydrogen-bond donors (Lipinski definition) is 3. The first kappa shape index (κ1) is 27.8. The summed E-state index contributed by atoms with van der Waals surface area (Å²) < 4.78 is 65.8. The standard InChI is InChI=1S/C22H31N5O7S2/c1-5-15(6-2)21-24-14(4)19-22(28)25-20(26-27(19)21)17-13-16(9-10-18(17)34-7-3)36(32,33)23-11-8-12-35(29,30)31/h9-10,13,15,23H,5-8,11-12H2,1-4H3,(H,25,26,28)(H,29,30,31). The summed E-state index contributed by atoms with van der Waals surface area (Å²) in [6.45, 7) is 7.67. The smallest absolute Gasteiger partial charge is 0.277 e. The van der Waals surface area contributed by atoms with Crippen molar-refractivity contribution in [3.63, 3.8) is 0 Å². The van der Waals surface area contributed by atoms with Gasteiger partial charge in [0.2, 0.25) is 10.0 Å². The van der Waals surface area contributed by atoms with E-state index in [1.54, 1.807) is 13.8 Å². The molecule has 3 rings (SSSR count). The van der Waals surface area contributed by atoms with Crippen LogP contribution >= 0.6 is 0 Å². The maximum absolute atomic E-state index is 13.0. The van der Waals surface area contributed by atoms with Gasteiger partial charge in [-0.2, -0.15) is 8.42 Å². The van der Waals surface area contributed by atoms with Crippen LogP contribution in [0.15, 0.2) is 27.9 Å². The quantitative estimate of drug-likeness (QED) is 0.229. The molecule has 0 amide bonds. The Hall–Kier alpha value is -2.81. The second-order valence-electron chi connectivity index (χ2n) is 8.26. The van der Waals surface area contributed by atoms with E-state index in [1.165, 1.54) is 22.7 Å². The Kier molecular flexibility index (Phi) is 8.54. The predicted octanol–water partition coefficient (Wildman–Crippen LogP) is 2.25. The number of aromatic nitrogens is 4. The van der Waals surface area contributed by atoms with Crippen LogP contribution < -0.4 is 15.0 Å². The molecule has 0 atom stereocenters. The topological polar surface area (TPSA) is 173 Å². The largest absolute Gasteiger partial charge is 0.493 e. The molecule has 1 aromatic carbocycles. The summed E-state index contributed by atoms with van der Waals surface area (Å²) in [6, 6.07) is 4.14. The molecule has 2 heterocycles. The van der Waals surface area contributed by atoms with Crippen molar-refractivity contribution in [2.75, 3.05) is 18.9 Å². The number of imidazole rings is 1. The molecule has 0 bridgehead atoms. The van der Waals surface area contributed by atoms with Crippen LogP contribution in [-0.4, -0.2) is 59.9 Å². The third kappa shape index (κ3) is 6.11. The van der Waals surface area contributed by atoms with Gasteiger partial charge in [0.1, 0.15) is 11.6 Å². The number of nitrogens with zero attached hydrogens (tertiary/aromatic N) is 3. The van der Waals surface area contributed by atoms with Crippen LogP contribution in [0, 0.1) is 6.92 Å². The highest BCUT2D eigenvalue weighted by molar-refractivity contribution is 7.89. The molecule has 2 aromatic heterocycles. The molecule has 12 nitrogen and oxygen atoms in total. The van der Waals surface area contributed by atoms with Crippen LogP contribution in [0.1, 0.15) is 57.5 Å². The van der Waals surface area contributed by atoms with Gasteiger partial charge >= 0.3 is 0 Å². The summed E-state index contributed by atoms with van der Waals surface area (Å²) in [5, 5.41) is 4.62. The van der Waals surface area contributed by atoms with Crippen molar-refractivity contribution < 1.29 is 26.1 Å². The van der Waals surface area contributed by atoms with Crippen molar-refractivity contribution in [2.45, 2.75) is 57.8 Å². The fourth-order valence-electron chi connectivity index (χ4n) is 3.92. The van der Waals surface area contributed by atoms with Crippen molar-refractivity contribution in [3.8, 4) is 17.1 Å². The number of fused-ring (bicyclic) bond motifs is 1. The summed E-state index contributed by atoms with van der Waals surface area (Å²) in [7, 11) is -8.24. The number of aryl methyl sites for hydroxylation is 1. The van der Waals surface area contributed by atoms with Gasteiger partial charge in [0.15, 0.2) is 11.3 Å². The maximum atomic E-state index is 13.0. The van der Waals surface area contributed by atoms with Gasteiger partial charge in [-0.05, 0) is 51.3 Å². The number of H-pyrrole nitrogens is 1. The summed E-state index contributed by atoms with van der Waals surface area (Å²) in [5.41, 5.74) is 0.718. The first-order valence-electron chi connectivity index (χ1n) is 11.6. The maximum Gasteiger partial charge on any atom is 0.277 e. The fourth-order valence-corrected chi connectivity index (χ4v) is 5.53. The van der Waals surface area contributed by atoms with Crippen LogP contribution in [-0.2, 0) is 20.1 Å². The second-order valence-corrected chi connectivity index (χ2v) is 11.6. The van der Waals surface area contributed by atoms with Gasteiger partial charge in [0.25, 0.3) is 15.7 Å². The van der Waals surface area contributed by atoms with Crippen molar-refractivity contribution in [1.29, 1.82) is 0 Å². The molecule has 0 saturated carbocycles. The third-order valence-electron chi connectivity index (χ3n) is 5.74. The Morgan fingerprint density at radius 1 is 1.17 bits per heavy atom. The van der Waals surface area contributed by atoms with E-state index in [-0.39, 0.29) is 35.2 Å². The SMILES string of the molecule is CCOc1ccc(S(=O)(=O)NCCCS(=O)(=O)O)cc1-c1nn2c(C(CC)CC)nc(C)c2c(=O)[nH]1. The molecule has 0 aliphatic rings. The molecule has 3 N–H and O–H groups in total. The van der Waals surface area contributed by atoms with Crippen molar-refractivity contribution in [1.82, 2.24) is 24.3 Å². The highest BCUT2D eigenvalue weighted by atomic mass is 32.2. The lowest BCUT2D eigenvalue weighted by Crippen LogP contribution is -2.26. The van der Waals surface area contributed by atoms with Crippen LogP contribution in [0.5, 0.6) is 5.75 Å². The van der Waals surface area contributed by atoms with E-state index < -0.39 is 31.5 Å². The van der Waals surface area contributed by atoms with E-state index in [9.17, 15) is 21.6 Å². The summed E-state index contributed by atoms with van der Waals surface area (Å²) in [4.78, 5) is 20.2. The molecule has 0 radical (unpaired) electrons. The van der Waals surface area contributed by atoms with Crippen LogP contribution in [0.25, 0.3) is 16.9 Å². The molecule has 0 aliphatic carbocycles. The first-order chi connectivity index (χ1) is 16.9. The molecule has 0 unspecified atom stereocenters. The van der Waals surface area contributed by atoms with Crippen LogP contribution in [0.3, 0.4) is 0 Å². The van der Waals surface area contributed by atoms with E-state index in [0.717, 1.165) is 12.8 Å². The van der Waals surface area contributed by atoms with Gasteiger partial charge in [-0.15, -0.1) is 5.10 Å². The molecule has 14 heteroatoms. The van der Waals surface area contributed by atoms with E-state index in [4.69, 9.17) is 9.29 Å². The monoisotopic (exact) mass is 541 g/mol. The fraction of sp³-hybridized carbons (Fsp3) is 0.500. The summed E-state index contributed by atoms with van der Waals surface area (Å²) in [6.07, 6.45) is 1.51. The Labute approximate surface area is 209 Å². The van der Waals surface area contributed by atoms with E-state index in [2.05, 4.69) is 19.8 Å². The minimum atomic E-state index is -4.20. The predicted molar refractivity (Wildman–Crippen MR) is 134 cm³/mol. The molecular formula is C22H31N5O7S2. The van der Waals surface area contributed by atoms with E-state index in [0.29, 0.717) is 29.4 Å². The Bertz CT molecular complexity index is 1510. The van der Waals surface area contributed by atoms with Gasteiger partial charge in [0.05, 0.1) is 28.5 Å². The molecule has 0 spiro atoms. The van der Waals surface area contributed by atoms with Crippen molar-refractivity contribution in [2.24, 2.45) is 0 Å². The average Bonchev–Trinajstić information content (AvgIpc) is 3.14. The molecule has 3 aromatic rings. The van der Waals surface area contributed by atoms with Gasteiger partial charge < -0.3 is 9.72 Å². The number of rotatable bonds is 12. The third-order valence-corrected chi connectivity index (χ3v) is 8.00.